The summed E-state index contributed by atoms with van der Waals surface area (Å²) in [5.74, 6) is 1.57. The molecule has 1 N–H and O–H groups in total. The molecule has 2 atom stereocenters. The Morgan fingerprint density at radius 3 is 2.77 bits per heavy atom. The van der Waals surface area contributed by atoms with Crippen molar-refractivity contribution in [1.29, 1.82) is 0 Å². The van der Waals surface area contributed by atoms with E-state index >= 15 is 0 Å². The Hall–Kier alpha value is -4.27. The van der Waals surface area contributed by atoms with Crippen LogP contribution in [0.15, 0.2) is 79.0 Å². The van der Waals surface area contributed by atoms with Crippen LogP contribution in [0.3, 0.4) is 0 Å². The van der Waals surface area contributed by atoms with Crippen LogP contribution in [0.5, 0.6) is 5.75 Å². The summed E-state index contributed by atoms with van der Waals surface area (Å²) in [6.45, 7) is 6.32. The zero-order valence-corrected chi connectivity index (χ0v) is 26.2. The largest absolute Gasteiger partial charge is 0.464 e. The molecule has 1 fully saturated rings. The number of imidazole rings is 1. The zero-order valence-electron chi connectivity index (χ0n) is 24.6. The molecule has 0 spiro atoms. The molecule has 6 aromatic rings. The van der Waals surface area contributed by atoms with Gasteiger partial charge in [0.15, 0.2) is 0 Å². The minimum atomic E-state index is -0.548. The third-order valence-electron chi connectivity index (χ3n) is 8.32. The van der Waals surface area contributed by atoms with Gasteiger partial charge >= 0.3 is 6.09 Å². The van der Waals surface area contributed by atoms with Crippen LogP contribution in [0, 0.1) is 0 Å². The Morgan fingerprint density at radius 2 is 1.93 bits per heavy atom. The van der Waals surface area contributed by atoms with Gasteiger partial charge in [-0.25, -0.2) is 9.78 Å². The van der Waals surface area contributed by atoms with Crippen molar-refractivity contribution in [2.45, 2.75) is 51.5 Å². The summed E-state index contributed by atoms with van der Waals surface area (Å²) in [5, 5.41) is 2.98. The number of amides is 1. The van der Waals surface area contributed by atoms with Crippen LogP contribution in [0.2, 0.25) is 5.02 Å². The molecule has 3 aromatic heterocycles. The number of thiophene rings is 1. The maximum atomic E-state index is 12.9. The number of carbonyl (C=O) groups is 1. The van der Waals surface area contributed by atoms with Crippen LogP contribution in [0.4, 0.5) is 4.79 Å². The smallest absolute Gasteiger partial charge is 0.410 e. The van der Waals surface area contributed by atoms with E-state index in [1.807, 2.05) is 39.1 Å². The van der Waals surface area contributed by atoms with E-state index in [1.165, 1.54) is 10.1 Å². The highest BCUT2D eigenvalue weighted by Gasteiger charge is 2.35. The number of likely N-dealkylation sites (tertiary alicyclic amines) is 1. The molecule has 0 radical (unpaired) electrons. The van der Waals surface area contributed by atoms with Gasteiger partial charge in [0, 0.05) is 32.8 Å². The fraction of sp³-hybridized carbons (Fsp3) is 0.257. The van der Waals surface area contributed by atoms with Crippen molar-refractivity contribution in [1.82, 2.24) is 19.4 Å². The average Bonchev–Trinajstić information content (AvgIpc) is 3.79. The molecule has 0 bridgehead atoms. The lowest BCUT2D eigenvalue weighted by Gasteiger charge is -2.29. The van der Waals surface area contributed by atoms with Crippen LogP contribution >= 0.6 is 22.9 Å². The maximum Gasteiger partial charge on any atom is 0.410 e. The number of halogens is 1. The second-order valence-corrected chi connectivity index (χ2v) is 14.0. The topological polar surface area (TPSA) is 72.4 Å². The molecule has 1 unspecified atom stereocenters. The molecule has 44 heavy (non-hydrogen) atoms. The molecule has 7 nitrogen and oxygen atoms in total. The highest BCUT2D eigenvalue weighted by Crippen LogP contribution is 2.47. The number of aromatic amines is 1. The lowest BCUT2D eigenvalue weighted by molar-refractivity contribution is 0.0218. The van der Waals surface area contributed by atoms with E-state index in [1.54, 1.807) is 16.2 Å². The molecule has 5 heterocycles. The number of rotatable bonds is 3. The zero-order chi connectivity index (χ0) is 30.2. The van der Waals surface area contributed by atoms with E-state index in [-0.39, 0.29) is 18.4 Å². The number of aromatic nitrogens is 3. The molecular formula is C35H31ClN4O3S. The fourth-order valence-electron chi connectivity index (χ4n) is 6.39. The summed E-state index contributed by atoms with van der Waals surface area (Å²) < 4.78 is 16.0. The molecule has 0 aliphatic carbocycles. The molecule has 9 heteroatoms. The number of benzene rings is 3. The number of fused-ring (bicyclic) bond motifs is 6. The number of nitrogens with one attached hydrogen (secondary N) is 1. The lowest BCUT2D eigenvalue weighted by Crippen LogP contribution is -2.36. The molecule has 2 aliphatic heterocycles. The molecule has 222 valence electrons. The Balaban J connectivity index is 1.17. The second-order valence-electron chi connectivity index (χ2n) is 12.5. The van der Waals surface area contributed by atoms with Gasteiger partial charge in [0.1, 0.15) is 17.2 Å². The van der Waals surface area contributed by atoms with Gasteiger partial charge < -0.3 is 14.5 Å². The van der Waals surface area contributed by atoms with Crippen LogP contribution < -0.4 is 4.74 Å². The van der Waals surface area contributed by atoms with E-state index in [4.69, 9.17) is 26.1 Å². The molecule has 3 aromatic carbocycles. The van der Waals surface area contributed by atoms with Gasteiger partial charge in [-0.05, 0) is 87.5 Å². The third kappa shape index (κ3) is 4.64. The number of carbonyl (C=O) groups excluding carboxylic acids is 1. The number of hydrogen-bond acceptors (Lipinski definition) is 5. The number of hydrogen-bond donors (Lipinski definition) is 1. The first-order valence-corrected chi connectivity index (χ1v) is 16.1. The summed E-state index contributed by atoms with van der Waals surface area (Å²) in [7, 11) is 0. The minimum Gasteiger partial charge on any atom is -0.464 e. The average molecular weight is 623 g/mol. The standard InChI is InChI=1S/C35H31ClN4O3S/c1-35(2,3)43-34(41)39-14-6-8-27(39)32-37-19-25(38-32)20-10-12-24-28-16-22-15-23(36)11-13-26(22)40(28)33(42-29(24)17-20)31-18-21-7-4-5-9-30(21)44-31/h4-5,7,9-13,15-19,27,33H,6,8,14H2,1-3H3,(H,37,38)/t27-,33?/m1/s1. The highest BCUT2D eigenvalue weighted by molar-refractivity contribution is 7.19. The van der Waals surface area contributed by atoms with Crippen molar-refractivity contribution in [2.24, 2.45) is 0 Å². The lowest BCUT2D eigenvalue weighted by atomic mass is 10.0. The number of nitrogens with zero attached hydrogens (tertiary/aromatic N) is 3. The first-order chi connectivity index (χ1) is 21.2. The SMILES string of the molecule is CC(C)(C)OC(=O)N1CCC[C@@H]1c1ncc(-c2ccc3c(c2)OC(c2cc4ccccc4s2)n2c-3cc3cc(Cl)ccc32)[nH]1. The molecular weight excluding hydrogens is 592 g/mol. The van der Waals surface area contributed by atoms with Gasteiger partial charge in [0.05, 0.1) is 34.0 Å². The molecule has 1 amide bonds. The number of ether oxygens (including phenoxy) is 2. The third-order valence-corrected chi connectivity index (χ3v) is 9.70. The molecule has 1 saturated heterocycles. The van der Waals surface area contributed by atoms with Gasteiger partial charge in [-0.2, -0.15) is 0 Å². The monoisotopic (exact) mass is 622 g/mol. The second kappa shape index (κ2) is 10.1. The number of H-pyrrole nitrogens is 1. The van der Waals surface area contributed by atoms with E-state index in [9.17, 15) is 4.79 Å². The molecule has 0 saturated carbocycles. The van der Waals surface area contributed by atoms with Crippen LogP contribution in [-0.4, -0.2) is 37.7 Å². The quantitative estimate of drug-likeness (QED) is 0.213. The van der Waals surface area contributed by atoms with Gasteiger partial charge in [-0.1, -0.05) is 35.9 Å². The van der Waals surface area contributed by atoms with Crippen LogP contribution in [0.25, 0.3) is 43.5 Å². The van der Waals surface area contributed by atoms with E-state index < -0.39 is 5.60 Å². The first kappa shape index (κ1) is 27.3. The van der Waals surface area contributed by atoms with Crippen molar-refractivity contribution in [2.75, 3.05) is 6.54 Å². The van der Waals surface area contributed by atoms with Crippen LogP contribution in [0.1, 0.15) is 56.6 Å². The summed E-state index contributed by atoms with van der Waals surface area (Å²) in [6.07, 6.45) is 2.95. The molecule has 8 rings (SSSR count). The highest BCUT2D eigenvalue weighted by atomic mass is 35.5. The van der Waals surface area contributed by atoms with E-state index in [2.05, 4.69) is 70.2 Å². The van der Waals surface area contributed by atoms with Gasteiger partial charge in [0.25, 0.3) is 0 Å². The normalized spacial score (nSPS) is 18.0. The van der Waals surface area contributed by atoms with Crippen molar-refractivity contribution in [3.8, 4) is 28.3 Å². The molecule has 2 aliphatic rings. The predicted molar refractivity (Wildman–Crippen MR) is 175 cm³/mol. The summed E-state index contributed by atoms with van der Waals surface area (Å²) >= 11 is 8.16. The van der Waals surface area contributed by atoms with Crippen molar-refractivity contribution in [3.05, 3.63) is 94.7 Å². The van der Waals surface area contributed by atoms with E-state index in [0.717, 1.165) is 62.7 Å². The van der Waals surface area contributed by atoms with Gasteiger partial charge in [0.2, 0.25) is 6.23 Å². The summed E-state index contributed by atoms with van der Waals surface area (Å²) in [5.41, 5.74) is 4.47. The summed E-state index contributed by atoms with van der Waals surface area (Å²) in [4.78, 5) is 24.0. The van der Waals surface area contributed by atoms with Crippen LogP contribution in [-0.2, 0) is 4.74 Å². The summed E-state index contributed by atoms with van der Waals surface area (Å²) in [6, 6.07) is 25.0. The van der Waals surface area contributed by atoms with Crippen molar-refractivity contribution in [3.63, 3.8) is 0 Å². The van der Waals surface area contributed by atoms with Gasteiger partial charge in [-0.15, -0.1) is 11.3 Å². The Labute approximate surface area is 264 Å². The van der Waals surface area contributed by atoms with Crippen molar-refractivity contribution >= 4 is 50.0 Å². The Morgan fingerprint density at radius 1 is 1.07 bits per heavy atom. The Kier molecular flexibility index (Phi) is 6.29. The predicted octanol–water partition coefficient (Wildman–Crippen LogP) is 9.58. The van der Waals surface area contributed by atoms with Gasteiger partial charge in [-0.3, -0.25) is 9.47 Å². The first-order valence-electron chi connectivity index (χ1n) is 14.9. The van der Waals surface area contributed by atoms with E-state index in [0.29, 0.717) is 11.6 Å². The maximum absolute atomic E-state index is 12.9. The van der Waals surface area contributed by atoms with Crippen molar-refractivity contribution < 1.29 is 14.3 Å². The fourth-order valence-corrected chi connectivity index (χ4v) is 7.66. The minimum absolute atomic E-state index is 0.146. The Bertz CT molecular complexity index is 2040.